The van der Waals surface area contributed by atoms with Crippen LogP contribution in [0.2, 0.25) is 0 Å². The summed E-state index contributed by atoms with van der Waals surface area (Å²) in [6.07, 6.45) is 2.15. The molecule has 2 saturated heterocycles. The second kappa shape index (κ2) is 41.4. The van der Waals surface area contributed by atoms with Crippen LogP contribution in [0.3, 0.4) is 0 Å². The third kappa shape index (κ3) is 27.0. The molecule has 6 heterocycles. The normalized spacial score (nSPS) is 16.6. The number of amides is 8. The van der Waals surface area contributed by atoms with Crippen molar-refractivity contribution in [2.45, 2.75) is 192 Å². The maximum atomic E-state index is 14.3. The van der Waals surface area contributed by atoms with Gasteiger partial charge in [0.2, 0.25) is 5.91 Å². The first-order valence-electron chi connectivity index (χ1n) is 36.7. The van der Waals surface area contributed by atoms with Crippen molar-refractivity contribution in [3.05, 3.63) is 209 Å². The number of alkyl halides is 3. The van der Waals surface area contributed by atoms with Crippen molar-refractivity contribution in [3.63, 3.8) is 0 Å². The maximum absolute atomic E-state index is 14.3. The van der Waals surface area contributed by atoms with E-state index in [1.807, 2.05) is 139 Å². The number of hydrogen-bond donors (Lipinski definition) is 4. The van der Waals surface area contributed by atoms with Crippen LogP contribution in [-0.2, 0) is 80.6 Å². The highest BCUT2D eigenvalue weighted by Crippen LogP contribution is 2.32. The smallest absolute Gasteiger partial charge is 0.444 e. The fraction of sp³-hybridized carbons (Fsp3) is 0.450. The van der Waals surface area contributed by atoms with E-state index in [9.17, 15) is 51.5 Å². The summed E-state index contributed by atoms with van der Waals surface area (Å²) >= 11 is 5.86. The number of aromatic nitrogens is 4. The second-order valence-electron chi connectivity index (χ2n) is 28.6. The number of hydrogen-bond acceptors (Lipinski definition) is 18. The Morgan fingerprint density at radius 3 is 1.22 bits per heavy atom. The molecule has 8 amide bonds. The molecule has 22 nitrogen and oxygen atoms in total. The first-order chi connectivity index (χ1) is 52.3. The molecule has 109 heavy (non-hydrogen) atoms. The summed E-state index contributed by atoms with van der Waals surface area (Å²) in [5, 5.41) is 16.8. The Kier molecular flexibility index (Phi) is 31.7. The average molecular weight is 1570 g/mol. The third-order valence-corrected chi connectivity index (χ3v) is 22.8. The summed E-state index contributed by atoms with van der Waals surface area (Å²) in [6.45, 7) is 10.3. The summed E-state index contributed by atoms with van der Waals surface area (Å²) in [6, 6.07) is 34.8. The lowest BCUT2D eigenvalue weighted by molar-refractivity contribution is -0.174. The number of likely N-dealkylation sites (tertiary alicyclic amines) is 2. The third-order valence-electron chi connectivity index (χ3n) is 18.9. The van der Waals surface area contributed by atoms with Crippen molar-refractivity contribution >= 4 is 93.0 Å². The Morgan fingerprint density at radius 1 is 0.523 bits per heavy atom. The highest BCUT2D eigenvalue weighted by molar-refractivity contribution is 7.10. The van der Waals surface area contributed by atoms with Crippen molar-refractivity contribution in [3.8, 4) is 0 Å². The van der Waals surface area contributed by atoms with Crippen LogP contribution in [0.25, 0.3) is 0 Å². The number of alkyl carbamates (subject to hydrolysis) is 2. The number of Topliss-reactive ketones (excluding diaryl/α,β-unsaturated/α-hetero) is 2. The number of nitrogens with one attached hydrogen (secondary N) is 4. The van der Waals surface area contributed by atoms with Crippen LogP contribution < -0.4 is 21.3 Å². The molecule has 2 aliphatic rings. The van der Waals surface area contributed by atoms with E-state index in [4.69, 9.17) is 14.5 Å². The zero-order chi connectivity index (χ0) is 78.0. The van der Waals surface area contributed by atoms with E-state index in [-0.39, 0.29) is 111 Å². The van der Waals surface area contributed by atoms with Gasteiger partial charge >= 0.3 is 36.3 Å². The topological polar surface area (TPSA) is 268 Å². The van der Waals surface area contributed by atoms with Gasteiger partial charge in [-0.05, 0) is 98.3 Å². The van der Waals surface area contributed by atoms with Gasteiger partial charge in [-0.15, -0.1) is 45.3 Å². The summed E-state index contributed by atoms with van der Waals surface area (Å²) in [4.78, 5) is 131. The van der Waals surface area contributed by atoms with Gasteiger partial charge in [-0.1, -0.05) is 149 Å². The van der Waals surface area contributed by atoms with Crippen molar-refractivity contribution in [1.82, 2.24) is 60.8 Å². The molecule has 0 spiro atoms. The molecule has 0 unspecified atom stereocenters. The fourth-order valence-corrected chi connectivity index (χ4v) is 16.2. The number of halogens is 3. The predicted molar refractivity (Wildman–Crippen MR) is 416 cm³/mol. The molecule has 4 aromatic carbocycles. The number of thiazole rings is 4. The molecule has 2 fully saturated rings. The van der Waals surface area contributed by atoms with Crippen LogP contribution in [0.1, 0.15) is 151 Å². The molecule has 8 aromatic rings. The van der Waals surface area contributed by atoms with Crippen LogP contribution in [0.5, 0.6) is 0 Å². The SMILES string of the molecule is CC(=O)N[C@H]1C[C@@H](C(=O)C[C@H](CC[C@H](Cc2ccccc2)NC(=O)OCc2cncs2)Cc2ccccc2)N(C(=O)N(C)Cc2csc(C(C)C)n2)C1.CC(C)c1nc(CN(C)C(=O)N2C[C@@H](NC(=O)C(F)(F)F)C[C@H]2C(=O)C[C@H](CC[C@H](Cc2ccccc2)NC(=O)OCc2cncs2)Cc2ccccc2)cs1. The minimum Gasteiger partial charge on any atom is -0.444 e. The second-order valence-corrected chi connectivity index (χ2v) is 32.3. The molecular formula is C80H97F3N12O10S4. The van der Waals surface area contributed by atoms with Crippen molar-refractivity contribution in [1.29, 1.82) is 0 Å². The minimum atomic E-state index is -5.12. The number of nitrogens with zero attached hydrogens (tertiary/aromatic N) is 8. The van der Waals surface area contributed by atoms with Crippen molar-refractivity contribution in [2.24, 2.45) is 11.8 Å². The lowest BCUT2D eigenvalue weighted by Crippen LogP contribution is -2.48. The number of benzene rings is 4. The van der Waals surface area contributed by atoms with E-state index >= 15 is 0 Å². The van der Waals surface area contributed by atoms with Gasteiger partial charge in [-0.25, -0.2) is 29.1 Å². The van der Waals surface area contributed by atoms with Crippen molar-refractivity contribution < 1.29 is 61.0 Å². The Morgan fingerprint density at radius 2 is 0.890 bits per heavy atom. The van der Waals surface area contributed by atoms with E-state index < -0.39 is 48.4 Å². The lowest BCUT2D eigenvalue weighted by Gasteiger charge is -2.29. The molecule has 8 atom stereocenters. The Bertz CT molecular complexity index is 4180. The summed E-state index contributed by atoms with van der Waals surface area (Å²) in [7, 11) is 3.28. The molecule has 0 radical (unpaired) electrons. The zero-order valence-corrected chi connectivity index (χ0v) is 65.7. The van der Waals surface area contributed by atoms with Gasteiger partial charge in [-0.3, -0.25) is 29.1 Å². The first-order valence-corrected chi connectivity index (χ1v) is 40.2. The number of carbonyl (C=O) groups is 8. The standard InChI is InChI=1S/C40H47F3N6O5S2.C40H50N6O5S2/c1-26(2)36-45-32(24-55-36)21-48(3)39(53)49-22-31(46-37(51)40(41,42)43)19-34(49)35(50)18-29(16-27-10-6-4-7-11-27)14-15-30(17-28-12-8-5-9-13-28)47-38(52)54-23-33-20-44-25-56-33;1-27(2)38-43-34(25-52-38)22-45(4)40(50)46-23-33(42-28(3)47)20-36(46)37(48)19-31(17-29-11-7-5-8-12-29)15-16-32(18-30-13-9-6-10-14-30)44-39(49)51-24-35-21-41-26-53-35/h4-13,20,24-26,29-31,34H,14-19,21-23H2,1-3H3,(H,46,51)(H,47,52);5-14,21,25-27,31-33,36H,15-20,22-24H2,1-4H3,(H,42,47)(H,44,49)/t29-,30-,31+,34+;31-,32-,33+,36+/m11/s1. The number of ketones is 2. The van der Waals surface area contributed by atoms with Gasteiger partial charge in [0.05, 0.1) is 67.4 Å². The first kappa shape index (κ1) is 83.6. The van der Waals surface area contributed by atoms with Gasteiger partial charge in [0.1, 0.15) is 13.2 Å². The van der Waals surface area contributed by atoms with Crippen molar-refractivity contribution in [2.75, 3.05) is 27.2 Å². The molecule has 0 saturated carbocycles. The highest BCUT2D eigenvalue weighted by atomic mass is 32.1. The number of rotatable bonds is 34. The van der Waals surface area contributed by atoms with E-state index in [1.165, 1.54) is 50.7 Å². The molecule has 4 aromatic heterocycles. The molecular weight excluding hydrogens is 1470 g/mol. The summed E-state index contributed by atoms with van der Waals surface area (Å²) < 4.78 is 50.9. The quantitative estimate of drug-likeness (QED) is 0.0292. The van der Waals surface area contributed by atoms with E-state index in [0.717, 1.165) is 47.7 Å². The van der Waals surface area contributed by atoms with Gasteiger partial charge in [0.15, 0.2) is 11.6 Å². The zero-order valence-electron chi connectivity index (χ0n) is 62.4. The number of carbonyl (C=O) groups excluding carboxylic acids is 8. The Labute approximate surface area is 651 Å². The van der Waals surface area contributed by atoms with Gasteiger partial charge in [0, 0.05) is 106 Å². The van der Waals surface area contributed by atoms with Gasteiger partial charge < -0.3 is 50.3 Å². The maximum Gasteiger partial charge on any atom is 0.471 e. The fourth-order valence-electron chi connectivity index (χ4n) is 13.6. The Hall–Kier alpha value is -9.45. The molecule has 10 rings (SSSR count). The monoisotopic (exact) mass is 1570 g/mol. The highest BCUT2D eigenvalue weighted by Gasteiger charge is 2.46. The van der Waals surface area contributed by atoms with Crippen LogP contribution >= 0.6 is 45.3 Å². The molecule has 29 heteroatoms. The van der Waals surface area contributed by atoms with Crippen LogP contribution in [-0.4, -0.2) is 157 Å². The molecule has 582 valence electrons. The largest absolute Gasteiger partial charge is 0.471 e. The predicted octanol–water partition coefficient (Wildman–Crippen LogP) is 14.5. The number of ether oxygens (including phenoxy) is 2. The van der Waals surface area contributed by atoms with E-state index in [2.05, 4.69) is 56.9 Å². The van der Waals surface area contributed by atoms with E-state index in [1.54, 1.807) is 58.6 Å². The molecule has 4 N–H and O–H groups in total. The van der Waals surface area contributed by atoms with E-state index in [0.29, 0.717) is 75.9 Å². The van der Waals surface area contributed by atoms with Gasteiger partial charge in [0.25, 0.3) is 0 Å². The molecule has 2 aliphatic heterocycles. The van der Waals surface area contributed by atoms with Crippen LogP contribution in [0.15, 0.2) is 156 Å². The minimum absolute atomic E-state index is 0.0186. The summed E-state index contributed by atoms with van der Waals surface area (Å²) in [5.41, 5.74) is 9.02. The van der Waals surface area contributed by atoms with Crippen LogP contribution in [0.4, 0.5) is 32.3 Å². The molecule has 0 aliphatic carbocycles. The number of urea groups is 2. The van der Waals surface area contributed by atoms with Gasteiger partial charge in [-0.2, -0.15) is 13.2 Å². The van der Waals surface area contributed by atoms with Crippen LogP contribution in [0, 0.1) is 11.8 Å². The summed E-state index contributed by atoms with van der Waals surface area (Å²) in [5.74, 6) is -2.48. The molecule has 0 bridgehead atoms. The lowest BCUT2D eigenvalue weighted by atomic mass is 9.86. The Balaban J connectivity index is 0.000000252. The average Bonchev–Trinajstić information content (AvgIpc) is 1.66.